The third-order valence-electron chi connectivity index (χ3n) is 4.90. The number of carboxylic acids is 1. The Hall–Kier alpha value is -3.14. The van der Waals surface area contributed by atoms with Gasteiger partial charge < -0.3 is 20.5 Å². The van der Waals surface area contributed by atoms with Gasteiger partial charge in [0.25, 0.3) is 0 Å². The number of halogens is 4. The molecule has 0 aliphatic carbocycles. The van der Waals surface area contributed by atoms with Crippen LogP contribution in [0.15, 0.2) is 42.5 Å². The predicted molar refractivity (Wildman–Crippen MR) is 110 cm³/mol. The molecule has 3 N–H and O–H groups in total. The molecule has 1 saturated heterocycles. The molecule has 3 rings (SSSR count). The molecule has 1 aliphatic heterocycles. The normalized spacial score (nSPS) is 17.8. The zero-order valence-electron chi connectivity index (χ0n) is 17.5. The highest BCUT2D eigenvalue weighted by molar-refractivity contribution is 5.95. The Morgan fingerprint density at radius 2 is 1.84 bits per heavy atom. The molecular weight excluding hydrogens is 432 g/mol. The Morgan fingerprint density at radius 1 is 1.22 bits per heavy atom. The number of alkyl halides is 3. The van der Waals surface area contributed by atoms with Gasteiger partial charge in [0.2, 0.25) is 5.91 Å². The minimum absolute atomic E-state index is 0.122. The van der Waals surface area contributed by atoms with E-state index in [1.54, 1.807) is 6.07 Å². The summed E-state index contributed by atoms with van der Waals surface area (Å²) < 4.78 is 50.6. The second kappa shape index (κ2) is 10.9. The number of rotatable bonds is 5. The molecule has 0 radical (unpaired) electrons. The lowest BCUT2D eigenvalue weighted by Crippen LogP contribution is -2.35. The van der Waals surface area contributed by atoms with Crippen LogP contribution >= 0.6 is 0 Å². The lowest BCUT2D eigenvalue weighted by molar-refractivity contribution is -0.192. The van der Waals surface area contributed by atoms with Crippen LogP contribution < -0.4 is 15.4 Å². The van der Waals surface area contributed by atoms with Gasteiger partial charge in [-0.15, -0.1) is 0 Å². The van der Waals surface area contributed by atoms with Gasteiger partial charge in [-0.05, 0) is 49.4 Å². The third kappa shape index (κ3) is 7.23. The fraction of sp³-hybridized carbons (Fsp3) is 0.364. The van der Waals surface area contributed by atoms with Crippen molar-refractivity contribution in [1.82, 2.24) is 5.32 Å². The molecule has 2 aromatic rings. The number of carbonyl (C=O) groups is 2. The maximum Gasteiger partial charge on any atom is 0.490 e. The van der Waals surface area contributed by atoms with Gasteiger partial charge in [-0.2, -0.15) is 13.2 Å². The largest absolute Gasteiger partial charge is 0.494 e. The molecule has 32 heavy (non-hydrogen) atoms. The minimum Gasteiger partial charge on any atom is -0.494 e. The van der Waals surface area contributed by atoms with Crippen LogP contribution in [0.25, 0.3) is 0 Å². The van der Waals surface area contributed by atoms with Crippen LogP contribution in [-0.2, 0) is 16.0 Å². The van der Waals surface area contributed by atoms with E-state index in [1.807, 2.05) is 25.1 Å². The zero-order valence-corrected chi connectivity index (χ0v) is 17.5. The van der Waals surface area contributed by atoms with E-state index >= 15 is 0 Å². The first-order valence-electron chi connectivity index (χ1n) is 9.73. The van der Waals surface area contributed by atoms with Crippen molar-refractivity contribution in [3.8, 4) is 5.75 Å². The average molecular weight is 456 g/mol. The molecule has 174 valence electrons. The summed E-state index contributed by atoms with van der Waals surface area (Å²) in [7, 11) is 1.42. The zero-order chi connectivity index (χ0) is 23.9. The standard InChI is InChI=1S/C20H23FN2O2.C2HF3O2/c1-13-8-19(25-2)16(21)11-17(13)23-20(24)18-10-15(12-22-18)9-14-6-4-3-5-7-14;3-2(4,5)1(6)7/h3-8,11,15,18,22H,9-10,12H2,1-2H3,(H,23,24);(H,6,7)/t15-,18-;/m0./s1. The Bertz CT molecular complexity index is 936. The summed E-state index contributed by atoms with van der Waals surface area (Å²) in [4.78, 5) is 21.4. The van der Waals surface area contributed by atoms with Crippen molar-refractivity contribution < 1.29 is 37.0 Å². The van der Waals surface area contributed by atoms with Gasteiger partial charge in [0.05, 0.1) is 13.2 Å². The van der Waals surface area contributed by atoms with Crippen molar-refractivity contribution in [2.24, 2.45) is 5.92 Å². The van der Waals surface area contributed by atoms with E-state index in [-0.39, 0.29) is 17.7 Å². The summed E-state index contributed by atoms with van der Waals surface area (Å²) in [5.74, 6) is -2.76. The van der Waals surface area contributed by atoms with E-state index in [2.05, 4.69) is 22.8 Å². The molecule has 1 heterocycles. The van der Waals surface area contributed by atoms with Gasteiger partial charge in [-0.3, -0.25) is 4.79 Å². The highest BCUT2D eigenvalue weighted by Gasteiger charge is 2.38. The number of carboxylic acid groups (broad SMARTS) is 1. The minimum atomic E-state index is -5.08. The first-order chi connectivity index (χ1) is 15.0. The molecule has 1 aliphatic rings. The van der Waals surface area contributed by atoms with Gasteiger partial charge >= 0.3 is 12.1 Å². The van der Waals surface area contributed by atoms with Crippen molar-refractivity contribution in [2.75, 3.05) is 19.0 Å². The predicted octanol–water partition coefficient (Wildman–Crippen LogP) is 3.94. The monoisotopic (exact) mass is 456 g/mol. The molecule has 2 aromatic carbocycles. The molecule has 0 bridgehead atoms. The maximum atomic E-state index is 13.9. The fourth-order valence-electron chi connectivity index (χ4n) is 3.28. The van der Waals surface area contributed by atoms with Crippen LogP contribution in [0.2, 0.25) is 0 Å². The highest BCUT2D eigenvalue weighted by Crippen LogP contribution is 2.26. The molecule has 0 saturated carbocycles. The molecular formula is C22H24F4N2O4. The number of methoxy groups -OCH3 is 1. The van der Waals surface area contributed by atoms with Crippen LogP contribution in [-0.4, -0.2) is 42.9 Å². The average Bonchev–Trinajstić information content (AvgIpc) is 3.19. The van der Waals surface area contributed by atoms with Gasteiger partial charge in [0.1, 0.15) is 0 Å². The molecule has 10 heteroatoms. The lowest BCUT2D eigenvalue weighted by Gasteiger charge is -2.14. The van der Waals surface area contributed by atoms with Crippen molar-refractivity contribution in [3.05, 3.63) is 59.4 Å². The lowest BCUT2D eigenvalue weighted by atomic mass is 9.96. The fourth-order valence-corrected chi connectivity index (χ4v) is 3.28. The van der Waals surface area contributed by atoms with Gasteiger partial charge in [0.15, 0.2) is 11.6 Å². The highest BCUT2D eigenvalue weighted by atomic mass is 19.4. The second-order valence-electron chi connectivity index (χ2n) is 7.35. The first-order valence-corrected chi connectivity index (χ1v) is 9.73. The third-order valence-corrected chi connectivity index (χ3v) is 4.90. The Kier molecular flexibility index (Phi) is 8.59. The van der Waals surface area contributed by atoms with Crippen LogP contribution in [0.3, 0.4) is 0 Å². The van der Waals surface area contributed by atoms with Gasteiger partial charge in [-0.1, -0.05) is 30.3 Å². The molecule has 0 aromatic heterocycles. The number of anilines is 1. The number of ether oxygens (including phenoxy) is 1. The number of aryl methyl sites for hydroxylation is 1. The summed E-state index contributed by atoms with van der Waals surface area (Å²) >= 11 is 0. The SMILES string of the molecule is COc1cc(C)c(NC(=O)[C@@H]2C[C@H](Cc3ccccc3)CN2)cc1F.O=C(O)C(F)(F)F. The summed E-state index contributed by atoms with van der Waals surface area (Å²) in [6.07, 6.45) is -3.35. The summed E-state index contributed by atoms with van der Waals surface area (Å²) in [6.45, 7) is 2.63. The molecule has 1 amide bonds. The number of amides is 1. The van der Waals surface area contributed by atoms with Crippen molar-refractivity contribution in [1.29, 1.82) is 0 Å². The van der Waals surface area contributed by atoms with Crippen LogP contribution in [0, 0.1) is 18.7 Å². The maximum absolute atomic E-state index is 13.9. The Balaban J connectivity index is 0.000000451. The molecule has 2 atom stereocenters. The Morgan fingerprint density at radius 3 is 2.41 bits per heavy atom. The van der Waals surface area contributed by atoms with E-state index in [0.717, 1.165) is 24.9 Å². The van der Waals surface area contributed by atoms with Crippen LogP contribution in [0.1, 0.15) is 17.5 Å². The van der Waals surface area contributed by atoms with E-state index in [1.165, 1.54) is 18.7 Å². The summed E-state index contributed by atoms with van der Waals surface area (Å²) in [5.41, 5.74) is 2.53. The topological polar surface area (TPSA) is 87.7 Å². The van der Waals surface area contributed by atoms with E-state index in [0.29, 0.717) is 11.6 Å². The molecule has 0 unspecified atom stereocenters. The van der Waals surface area contributed by atoms with E-state index < -0.39 is 18.0 Å². The molecule has 0 spiro atoms. The number of benzene rings is 2. The van der Waals surface area contributed by atoms with Crippen LogP contribution in [0.5, 0.6) is 5.75 Å². The van der Waals surface area contributed by atoms with E-state index in [9.17, 15) is 22.4 Å². The summed E-state index contributed by atoms with van der Waals surface area (Å²) in [5, 5.41) is 13.2. The molecule has 1 fully saturated rings. The van der Waals surface area contributed by atoms with E-state index in [4.69, 9.17) is 14.6 Å². The Labute approximate surface area is 182 Å². The first kappa shape index (κ1) is 25.1. The summed E-state index contributed by atoms with van der Waals surface area (Å²) in [6, 6.07) is 12.9. The van der Waals surface area contributed by atoms with Gasteiger partial charge in [0, 0.05) is 11.8 Å². The van der Waals surface area contributed by atoms with Crippen molar-refractivity contribution in [2.45, 2.75) is 32.0 Å². The number of hydrogen-bond acceptors (Lipinski definition) is 4. The number of nitrogens with one attached hydrogen (secondary N) is 2. The smallest absolute Gasteiger partial charge is 0.490 e. The van der Waals surface area contributed by atoms with Crippen molar-refractivity contribution >= 4 is 17.6 Å². The number of aliphatic carboxylic acids is 1. The van der Waals surface area contributed by atoms with Crippen molar-refractivity contribution in [3.63, 3.8) is 0 Å². The quantitative estimate of drug-likeness (QED) is 0.594. The number of carbonyl (C=O) groups excluding carboxylic acids is 1. The molecule has 6 nitrogen and oxygen atoms in total. The van der Waals surface area contributed by atoms with Gasteiger partial charge in [-0.25, -0.2) is 9.18 Å². The van der Waals surface area contributed by atoms with Crippen LogP contribution in [0.4, 0.5) is 23.2 Å². The number of hydrogen-bond donors (Lipinski definition) is 3. The second-order valence-corrected chi connectivity index (χ2v) is 7.35.